The van der Waals surface area contributed by atoms with E-state index in [9.17, 15) is 0 Å². The minimum atomic E-state index is -0.209. The predicted molar refractivity (Wildman–Crippen MR) is 243 cm³/mol. The molecule has 12 rings (SSSR count). The van der Waals surface area contributed by atoms with Crippen molar-refractivity contribution in [1.29, 1.82) is 0 Å². The summed E-state index contributed by atoms with van der Waals surface area (Å²) in [5.41, 5.74) is 9.61. The van der Waals surface area contributed by atoms with Crippen LogP contribution in [0.25, 0.3) is 79.0 Å². The largest absolute Gasteiger partial charge is 0.350 e. The first-order valence-corrected chi connectivity index (χ1v) is 21.0. The third kappa shape index (κ3) is 5.26. The van der Waals surface area contributed by atoms with Gasteiger partial charge in [-0.1, -0.05) is 140 Å². The van der Waals surface area contributed by atoms with E-state index in [-0.39, 0.29) is 12.3 Å². The molecule has 0 bridgehead atoms. The van der Waals surface area contributed by atoms with E-state index < -0.39 is 0 Å². The molecule has 3 aromatic heterocycles. The number of thiophene rings is 2. The summed E-state index contributed by atoms with van der Waals surface area (Å²) in [6.07, 6.45) is -0.285. The van der Waals surface area contributed by atoms with Gasteiger partial charge in [0.15, 0.2) is 0 Å². The van der Waals surface area contributed by atoms with E-state index in [1.54, 1.807) is 0 Å². The van der Waals surface area contributed by atoms with Gasteiger partial charge in [0.25, 0.3) is 0 Å². The third-order valence-electron chi connectivity index (χ3n) is 11.5. The van der Waals surface area contributed by atoms with Crippen molar-refractivity contribution in [1.82, 2.24) is 15.2 Å². The van der Waals surface area contributed by atoms with Crippen molar-refractivity contribution in [3.8, 4) is 16.8 Å². The van der Waals surface area contributed by atoms with Gasteiger partial charge in [0.2, 0.25) is 0 Å². The maximum atomic E-state index is 5.23. The summed E-state index contributed by atoms with van der Waals surface area (Å²) in [7, 11) is 0. The average molecular weight is 767 g/mol. The smallest absolute Gasteiger partial charge is 0.131 e. The quantitative estimate of drug-likeness (QED) is 0.183. The highest BCUT2D eigenvalue weighted by atomic mass is 32.1. The zero-order chi connectivity index (χ0) is 37.5. The molecule has 0 aliphatic carbocycles. The summed E-state index contributed by atoms with van der Waals surface area (Å²) in [4.78, 5) is 5.23. The average Bonchev–Trinajstić information content (AvgIpc) is 3.96. The lowest BCUT2D eigenvalue weighted by molar-refractivity contribution is 0.409. The second-order valence-electron chi connectivity index (χ2n) is 14.8. The van der Waals surface area contributed by atoms with Crippen molar-refractivity contribution in [2.75, 3.05) is 0 Å². The maximum Gasteiger partial charge on any atom is 0.131 e. The van der Waals surface area contributed by atoms with E-state index >= 15 is 0 Å². The maximum absolute atomic E-state index is 5.23. The van der Waals surface area contributed by atoms with Crippen molar-refractivity contribution in [3.63, 3.8) is 0 Å². The number of hydrogen-bond acceptors (Lipinski definition) is 5. The Labute approximate surface area is 337 Å². The summed E-state index contributed by atoms with van der Waals surface area (Å²) in [6.45, 7) is 0. The molecule has 4 heterocycles. The first-order valence-electron chi connectivity index (χ1n) is 19.4. The van der Waals surface area contributed by atoms with E-state index in [2.05, 4.69) is 191 Å². The van der Waals surface area contributed by atoms with E-state index in [1.165, 1.54) is 84.5 Å². The molecule has 4 nitrogen and oxygen atoms in total. The van der Waals surface area contributed by atoms with Gasteiger partial charge < -0.3 is 9.88 Å². The predicted octanol–water partition coefficient (Wildman–Crippen LogP) is 13.5. The highest BCUT2D eigenvalue weighted by molar-refractivity contribution is 7.26. The standard InChI is InChI=1S/C51H34N4S2/c1-3-13-31(14-4-1)49-52-50(32-15-5-2-6-16-32)54-51(53-49)33-25-27-39-45(29-33)56-43-23-11-19-37(47(39)43)38-20-12-24-44-48(38)40-28-26-34(30-46(40)57-44)55-41-21-9-7-17-35(41)36-18-8-10-22-42(36)55/h1-30,49,51,53H,(H,52,54). The molecule has 0 saturated carbocycles. The Balaban J connectivity index is 0.976. The van der Waals surface area contributed by atoms with Crippen LogP contribution < -0.4 is 10.6 Å². The number of hydrogen-bond donors (Lipinski definition) is 2. The van der Waals surface area contributed by atoms with Gasteiger partial charge in [0.1, 0.15) is 18.2 Å². The molecule has 11 aromatic rings. The van der Waals surface area contributed by atoms with Crippen LogP contribution in [-0.4, -0.2) is 10.4 Å². The Hall–Kier alpha value is -6.57. The van der Waals surface area contributed by atoms with Crippen LogP contribution in [0, 0.1) is 0 Å². The van der Waals surface area contributed by atoms with E-state index in [0.29, 0.717) is 0 Å². The van der Waals surface area contributed by atoms with Crippen molar-refractivity contribution in [2.45, 2.75) is 12.3 Å². The number of aliphatic imine (C=N–C) groups is 1. The number of fused-ring (bicyclic) bond motifs is 9. The first-order chi connectivity index (χ1) is 28.2. The lowest BCUT2D eigenvalue weighted by atomic mass is 9.95. The van der Waals surface area contributed by atoms with Crippen molar-refractivity contribution in [2.24, 2.45) is 4.99 Å². The summed E-state index contributed by atoms with van der Waals surface area (Å²) in [5.74, 6) is 0.894. The fourth-order valence-electron chi connectivity index (χ4n) is 8.91. The zero-order valence-corrected chi connectivity index (χ0v) is 32.3. The third-order valence-corrected chi connectivity index (χ3v) is 13.7. The Kier molecular flexibility index (Phi) is 7.45. The molecular formula is C51H34N4S2. The van der Waals surface area contributed by atoms with Gasteiger partial charge in [-0.15, -0.1) is 22.7 Å². The van der Waals surface area contributed by atoms with Gasteiger partial charge in [-0.3, -0.25) is 5.32 Å². The van der Waals surface area contributed by atoms with Gasteiger partial charge in [0, 0.05) is 62.4 Å². The van der Waals surface area contributed by atoms with Crippen LogP contribution in [0.5, 0.6) is 0 Å². The minimum Gasteiger partial charge on any atom is -0.350 e. The molecule has 0 saturated heterocycles. The van der Waals surface area contributed by atoms with Gasteiger partial charge in [0.05, 0.1) is 11.0 Å². The minimum absolute atomic E-state index is 0.0763. The molecule has 2 atom stereocenters. The topological polar surface area (TPSA) is 41.4 Å². The molecule has 1 aliphatic rings. The molecule has 6 heteroatoms. The van der Waals surface area contributed by atoms with E-state index in [0.717, 1.165) is 17.0 Å². The fraction of sp³-hybridized carbons (Fsp3) is 0.0392. The lowest BCUT2D eigenvalue weighted by Gasteiger charge is -2.32. The van der Waals surface area contributed by atoms with Crippen molar-refractivity contribution >= 4 is 90.7 Å². The number of aromatic nitrogens is 1. The summed E-state index contributed by atoms with van der Waals surface area (Å²) in [5, 5.41) is 15.2. The lowest BCUT2D eigenvalue weighted by Crippen LogP contribution is -2.44. The number of rotatable bonds is 5. The Bertz CT molecular complexity index is 3320. The molecule has 0 amide bonds. The molecule has 0 radical (unpaired) electrons. The molecular weight excluding hydrogens is 733 g/mol. The fourth-order valence-corrected chi connectivity index (χ4v) is 11.3. The van der Waals surface area contributed by atoms with Crippen LogP contribution in [-0.2, 0) is 0 Å². The normalized spacial score (nSPS) is 15.9. The van der Waals surface area contributed by atoms with Gasteiger partial charge in [-0.2, -0.15) is 0 Å². The SMILES string of the molecule is c1ccc(C2=NC(c3ccc4c(c3)sc3cccc(-c5cccc6sc7cc(-n8c9ccccc9c9ccccc98)ccc7c56)c34)NC(c3ccccc3)N2)cc1. The van der Waals surface area contributed by atoms with E-state index in [4.69, 9.17) is 4.99 Å². The number of amidine groups is 1. The second-order valence-corrected chi connectivity index (χ2v) is 16.9. The van der Waals surface area contributed by atoms with Gasteiger partial charge >= 0.3 is 0 Å². The highest BCUT2D eigenvalue weighted by Crippen LogP contribution is 2.46. The molecule has 0 fully saturated rings. The van der Waals surface area contributed by atoms with Crippen LogP contribution in [0.4, 0.5) is 0 Å². The Morgan fingerprint density at radius 1 is 0.456 bits per heavy atom. The molecule has 2 N–H and O–H groups in total. The first kappa shape index (κ1) is 32.7. The summed E-state index contributed by atoms with van der Waals surface area (Å²) < 4.78 is 7.57. The van der Waals surface area contributed by atoms with Crippen LogP contribution in [0.15, 0.2) is 187 Å². The molecule has 8 aromatic carbocycles. The number of benzene rings is 8. The van der Waals surface area contributed by atoms with Crippen molar-refractivity contribution < 1.29 is 0 Å². The van der Waals surface area contributed by atoms with Crippen LogP contribution >= 0.6 is 22.7 Å². The van der Waals surface area contributed by atoms with E-state index in [1.807, 2.05) is 28.7 Å². The Morgan fingerprint density at radius 2 is 1.04 bits per heavy atom. The molecule has 1 aliphatic heterocycles. The molecule has 0 spiro atoms. The number of para-hydroxylation sites is 2. The molecule has 57 heavy (non-hydrogen) atoms. The van der Waals surface area contributed by atoms with Gasteiger partial charge in [-0.25, -0.2) is 4.99 Å². The second kappa shape index (κ2) is 13.0. The number of nitrogens with zero attached hydrogens (tertiary/aromatic N) is 2. The van der Waals surface area contributed by atoms with Crippen LogP contribution in [0.1, 0.15) is 29.0 Å². The van der Waals surface area contributed by atoms with Crippen LogP contribution in [0.3, 0.4) is 0 Å². The molecule has 270 valence electrons. The zero-order valence-electron chi connectivity index (χ0n) is 30.7. The van der Waals surface area contributed by atoms with Crippen molar-refractivity contribution in [3.05, 3.63) is 199 Å². The monoisotopic (exact) mass is 766 g/mol. The number of nitrogens with one attached hydrogen (secondary N) is 2. The molecule has 2 unspecified atom stereocenters. The summed E-state index contributed by atoms with van der Waals surface area (Å²) in [6, 6.07) is 66.0. The van der Waals surface area contributed by atoms with Crippen LogP contribution in [0.2, 0.25) is 0 Å². The highest BCUT2D eigenvalue weighted by Gasteiger charge is 2.26. The Morgan fingerprint density at radius 3 is 1.70 bits per heavy atom. The summed E-state index contributed by atoms with van der Waals surface area (Å²) >= 11 is 3.75. The van der Waals surface area contributed by atoms with Gasteiger partial charge in [-0.05, 0) is 64.7 Å².